The fraction of sp³-hybridized carbons (Fsp3) is 0.765. The molecule has 23 heavy (non-hydrogen) atoms. The highest BCUT2D eigenvalue weighted by atomic mass is 32.1. The average molecular weight is 341 g/mol. The fourth-order valence-corrected chi connectivity index (χ4v) is 2.98. The van der Waals surface area contributed by atoms with Crippen molar-refractivity contribution in [1.82, 2.24) is 15.6 Å². The Morgan fingerprint density at radius 1 is 1.26 bits per heavy atom. The van der Waals surface area contributed by atoms with Crippen LogP contribution in [0.2, 0.25) is 0 Å². The van der Waals surface area contributed by atoms with Crippen molar-refractivity contribution in [1.29, 1.82) is 0 Å². The molecule has 5 nitrogen and oxygen atoms in total. The van der Waals surface area contributed by atoms with Gasteiger partial charge in [-0.25, -0.2) is 4.98 Å². The largest absolute Gasteiger partial charge is 0.382 e. The molecule has 0 bridgehead atoms. The third-order valence-electron chi connectivity index (χ3n) is 3.39. The molecule has 0 atom stereocenters. The van der Waals surface area contributed by atoms with E-state index in [0.717, 1.165) is 51.5 Å². The van der Waals surface area contributed by atoms with Crippen molar-refractivity contribution in [2.24, 2.45) is 4.99 Å². The number of unbranched alkanes of at least 4 members (excludes halogenated alkanes) is 1. The van der Waals surface area contributed by atoms with Crippen molar-refractivity contribution in [2.45, 2.75) is 52.4 Å². The Bertz CT molecular complexity index is 465. The average Bonchev–Trinajstić information content (AvgIpc) is 2.98. The zero-order valence-electron chi connectivity index (χ0n) is 15.2. The molecule has 1 rings (SSSR count). The second-order valence-corrected chi connectivity index (χ2v) is 7.40. The van der Waals surface area contributed by atoms with E-state index >= 15 is 0 Å². The maximum atomic E-state index is 5.33. The van der Waals surface area contributed by atoms with Crippen LogP contribution in [0.25, 0.3) is 0 Å². The van der Waals surface area contributed by atoms with E-state index < -0.39 is 0 Å². The molecule has 1 aromatic rings. The maximum Gasteiger partial charge on any atom is 0.190 e. The van der Waals surface area contributed by atoms with Gasteiger partial charge in [0.15, 0.2) is 5.96 Å². The lowest BCUT2D eigenvalue weighted by Crippen LogP contribution is -2.38. The molecule has 0 aliphatic heterocycles. The zero-order valence-corrected chi connectivity index (χ0v) is 16.1. The van der Waals surface area contributed by atoms with Crippen LogP contribution in [0.3, 0.4) is 0 Å². The molecule has 0 spiro atoms. The minimum absolute atomic E-state index is 0.126. The number of nitrogens with zero attached hydrogens (tertiary/aromatic N) is 2. The highest BCUT2D eigenvalue weighted by Gasteiger charge is 2.17. The molecular weight excluding hydrogens is 308 g/mol. The van der Waals surface area contributed by atoms with Crippen molar-refractivity contribution in [3.8, 4) is 0 Å². The number of hydrogen-bond donors (Lipinski definition) is 2. The Labute approximate surface area is 145 Å². The third kappa shape index (κ3) is 8.32. The standard InChI is InChI=1S/C17H32N4OS/c1-6-22-12-8-7-10-19-16(18-5)20-11-9-15-21-14(13-23-15)17(2,3)4/h13H,6-12H2,1-5H3,(H2,18,19,20). The molecule has 0 unspecified atom stereocenters. The summed E-state index contributed by atoms with van der Waals surface area (Å²) in [4.78, 5) is 8.96. The van der Waals surface area contributed by atoms with Crippen molar-refractivity contribution in [3.63, 3.8) is 0 Å². The topological polar surface area (TPSA) is 58.5 Å². The lowest BCUT2D eigenvalue weighted by atomic mass is 9.93. The van der Waals surface area contributed by atoms with Crippen molar-refractivity contribution < 1.29 is 4.74 Å². The molecule has 1 aromatic heterocycles. The second kappa shape index (κ2) is 10.6. The number of aromatic nitrogens is 1. The van der Waals surface area contributed by atoms with Crippen LogP contribution in [-0.4, -0.2) is 44.3 Å². The Hall–Kier alpha value is -1.14. The first kappa shape index (κ1) is 19.9. The van der Waals surface area contributed by atoms with Crippen LogP contribution < -0.4 is 10.6 Å². The molecule has 0 fully saturated rings. The maximum absolute atomic E-state index is 5.33. The van der Waals surface area contributed by atoms with Gasteiger partial charge in [0.05, 0.1) is 10.7 Å². The van der Waals surface area contributed by atoms with Gasteiger partial charge >= 0.3 is 0 Å². The minimum Gasteiger partial charge on any atom is -0.382 e. The lowest BCUT2D eigenvalue weighted by molar-refractivity contribution is 0.143. The summed E-state index contributed by atoms with van der Waals surface area (Å²) < 4.78 is 5.33. The molecule has 0 saturated heterocycles. The quantitative estimate of drug-likeness (QED) is 0.412. The number of nitrogens with one attached hydrogen (secondary N) is 2. The highest BCUT2D eigenvalue weighted by Crippen LogP contribution is 2.23. The first-order valence-electron chi connectivity index (χ1n) is 8.44. The number of guanidine groups is 1. The van der Waals surface area contributed by atoms with Crippen LogP contribution in [0.15, 0.2) is 10.4 Å². The van der Waals surface area contributed by atoms with Crippen LogP contribution in [0.5, 0.6) is 0 Å². The van der Waals surface area contributed by atoms with Crippen LogP contribution in [-0.2, 0) is 16.6 Å². The van der Waals surface area contributed by atoms with Gasteiger partial charge in [-0.15, -0.1) is 11.3 Å². The normalized spacial score (nSPS) is 12.5. The van der Waals surface area contributed by atoms with E-state index in [4.69, 9.17) is 9.72 Å². The Balaban J connectivity index is 2.21. The number of thiazole rings is 1. The third-order valence-corrected chi connectivity index (χ3v) is 4.30. The van der Waals surface area contributed by atoms with E-state index in [9.17, 15) is 0 Å². The van der Waals surface area contributed by atoms with E-state index in [1.54, 1.807) is 18.4 Å². The molecule has 0 amide bonds. The zero-order chi connectivity index (χ0) is 17.1. The van der Waals surface area contributed by atoms with Gasteiger partial charge in [0.2, 0.25) is 0 Å². The van der Waals surface area contributed by atoms with Gasteiger partial charge in [-0.2, -0.15) is 0 Å². The Morgan fingerprint density at radius 3 is 2.61 bits per heavy atom. The molecule has 0 aromatic carbocycles. The van der Waals surface area contributed by atoms with E-state index in [-0.39, 0.29) is 5.41 Å². The van der Waals surface area contributed by atoms with Crippen LogP contribution in [0, 0.1) is 0 Å². The Kier molecular flexibility index (Phi) is 9.17. The molecule has 0 saturated carbocycles. The summed E-state index contributed by atoms with van der Waals surface area (Å²) in [5.41, 5.74) is 1.30. The van der Waals surface area contributed by atoms with Crippen LogP contribution in [0.1, 0.15) is 51.2 Å². The lowest BCUT2D eigenvalue weighted by Gasteiger charge is -2.14. The molecule has 2 N–H and O–H groups in total. The van der Waals surface area contributed by atoms with Gasteiger partial charge in [0.1, 0.15) is 0 Å². The summed E-state index contributed by atoms with van der Waals surface area (Å²) in [7, 11) is 1.80. The summed E-state index contributed by atoms with van der Waals surface area (Å²) >= 11 is 1.74. The Morgan fingerprint density at radius 2 is 2.00 bits per heavy atom. The first-order valence-corrected chi connectivity index (χ1v) is 9.32. The molecule has 0 aliphatic carbocycles. The van der Waals surface area contributed by atoms with E-state index in [1.165, 1.54) is 10.7 Å². The summed E-state index contributed by atoms with van der Waals surface area (Å²) in [6, 6.07) is 0. The molecule has 0 radical (unpaired) electrons. The molecule has 6 heteroatoms. The van der Waals surface area contributed by atoms with Crippen molar-refractivity contribution in [2.75, 3.05) is 33.4 Å². The van der Waals surface area contributed by atoms with Gasteiger partial charge < -0.3 is 15.4 Å². The predicted octanol–water partition coefficient (Wildman–Crippen LogP) is 2.96. The monoisotopic (exact) mass is 340 g/mol. The van der Waals surface area contributed by atoms with Crippen molar-refractivity contribution >= 4 is 17.3 Å². The highest BCUT2D eigenvalue weighted by molar-refractivity contribution is 7.09. The molecule has 0 aliphatic rings. The van der Waals surface area contributed by atoms with Gasteiger partial charge in [-0.3, -0.25) is 4.99 Å². The predicted molar refractivity (Wildman–Crippen MR) is 99.6 cm³/mol. The van der Waals surface area contributed by atoms with Crippen LogP contribution >= 0.6 is 11.3 Å². The summed E-state index contributed by atoms with van der Waals surface area (Å²) in [6.45, 7) is 12.0. The summed E-state index contributed by atoms with van der Waals surface area (Å²) in [5, 5.41) is 10.0. The first-order chi connectivity index (χ1) is 11.0. The minimum atomic E-state index is 0.126. The van der Waals surface area contributed by atoms with E-state index in [0.29, 0.717) is 0 Å². The number of aliphatic imine (C=N–C) groups is 1. The SMILES string of the molecule is CCOCCCCNC(=NC)NCCc1nc(C(C)(C)C)cs1. The van der Waals surface area contributed by atoms with Gasteiger partial charge in [0.25, 0.3) is 0 Å². The van der Waals surface area contributed by atoms with Crippen LogP contribution in [0.4, 0.5) is 0 Å². The molecule has 1 heterocycles. The van der Waals surface area contributed by atoms with Gasteiger partial charge in [-0.1, -0.05) is 20.8 Å². The molecular formula is C17H32N4OS. The fourth-order valence-electron chi connectivity index (χ4n) is 1.96. The van der Waals surface area contributed by atoms with E-state index in [2.05, 4.69) is 41.8 Å². The van der Waals surface area contributed by atoms with Crippen molar-refractivity contribution in [3.05, 3.63) is 16.1 Å². The van der Waals surface area contributed by atoms with Gasteiger partial charge in [-0.05, 0) is 19.8 Å². The van der Waals surface area contributed by atoms with E-state index in [1.807, 2.05) is 6.92 Å². The second-order valence-electron chi connectivity index (χ2n) is 6.46. The summed E-state index contributed by atoms with van der Waals surface area (Å²) in [6.07, 6.45) is 3.08. The smallest absolute Gasteiger partial charge is 0.190 e. The number of hydrogen-bond acceptors (Lipinski definition) is 4. The number of ether oxygens (including phenoxy) is 1. The number of rotatable bonds is 9. The molecule has 132 valence electrons. The summed E-state index contributed by atoms with van der Waals surface area (Å²) in [5.74, 6) is 0.856. The van der Waals surface area contributed by atoms with Gasteiger partial charge in [0, 0.05) is 50.6 Å².